The second-order valence-corrected chi connectivity index (χ2v) is 6.79. The van der Waals surface area contributed by atoms with Crippen LogP contribution in [0, 0.1) is 5.92 Å². The molecule has 0 amide bonds. The Labute approximate surface area is 169 Å². The minimum absolute atomic E-state index is 0. The van der Waals surface area contributed by atoms with Crippen LogP contribution in [0.15, 0.2) is 29.3 Å². The van der Waals surface area contributed by atoms with E-state index in [0.717, 1.165) is 37.3 Å². The maximum Gasteiger partial charge on any atom is 0.191 e. The molecule has 1 aromatic rings. The van der Waals surface area contributed by atoms with Gasteiger partial charge >= 0.3 is 0 Å². The number of hydrogen-bond donors (Lipinski definition) is 2. The quantitative estimate of drug-likeness (QED) is 0.338. The van der Waals surface area contributed by atoms with Gasteiger partial charge in [-0.05, 0) is 45.7 Å². The molecular formula is C19H33IN4O. The van der Waals surface area contributed by atoms with Gasteiger partial charge in [-0.3, -0.25) is 4.99 Å². The molecule has 0 bridgehead atoms. The molecule has 0 saturated heterocycles. The van der Waals surface area contributed by atoms with Crippen LogP contribution in [0.3, 0.4) is 0 Å². The predicted octanol–water partition coefficient (Wildman–Crippen LogP) is 3.10. The summed E-state index contributed by atoms with van der Waals surface area (Å²) in [6.07, 6.45) is 2.61. The Morgan fingerprint density at radius 2 is 2.00 bits per heavy atom. The Morgan fingerprint density at radius 3 is 2.64 bits per heavy atom. The first-order valence-corrected chi connectivity index (χ1v) is 8.95. The van der Waals surface area contributed by atoms with E-state index in [9.17, 15) is 0 Å². The van der Waals surface area contributed by atoms with E-state index in [2.05, 4.69) is 53.6 Å². The van der Waals surface area contributed by atoms with E-state index in [-0.39, 0.29) is 24.0 Å². The number of guanidine groups is 1. The van der Waals surface area contributed by atoms with Crippen molar-refractivity contribution in [2.45, 2.75) is 39.3 Å². The van der Waals surface area contributed by atoms with Crippen molar-refractivity contribution in [3.63, 3.8) is 0 Å². The van der Waals surface area contributed by atoms with Gasteiger partial charge in [-0.2, -0.15) is 0 Å². The number of benzene rings is 1. The highest BCUT2D eigenvalue weighted by Crippen LogP contribution is 2.30. The Hall–Kier alpha value is -1.02. The third-order valence-electron chi connectivity index (χ3n) is 4.45. The van der Waals surface area contributed by atoms with Crippen LogP contribution in [0.25, 0.3) is 0 Å². The van der Waals surface area contributed by atoms with Crippen molar-refractivity contribution in [1.82, 2.24) is 15.5 Å². The molecular weight excluding hydrogens is 427 g/mol. The average Bonchev–Trinajstić information content (AvgIpc) is 3.40. The third kappa shape index (κ3) is 8.27. The number of halogens is 1. The molecule has 0 atom stereocenters. The van der Waals surface area contributed by atoms with E-state index in [1.54, 1.807) is 7.05 Å². The second-order valence-electron chi connectivity index (χ2n) is 6.79. The molecule has 1 saturated carbocycles. The molecule has 0 unspecified atom stereocenters. The Morgan fingerprint density at radius 1 is 1.28 bits per heavy atom. The zero-order valence-corrected chi connectivity index (χ0v) is 18.2. The van der Waals surface area contributed by atoms with E-state index in [1.807, 2.05) is 12.1 Å². The molecule has 25 heavy (non-hydrogen) atoms. The molecule has 1 aliphatic carbocycles. The Kier molecular flexibility index (Phi) is 10.2. The van der Waals surface area contributed by atoms with Crippen LogP contribution < -0.4 is 15.4 Å². The van der Waals surface area contributed by atoms with Crippen LogP contribution in [0.1, 0.15) is 32.3 Å². The van der Waals surface area contributed by atoms with Gasteiger partial charge in [0.1, 0.15) is 5.75 Å². The summed E-state index contributed by atoms with van der Waals surface area (Å²) in [5.74, 6) is 2.56. The molecule has 5 nitrogen and oxygen atoms in total. The van der Waals surface area contributed by atoms with Crippen molar-refractivity contribution in [1.29, 1.82) is 0 Å². The summed E-state index contributed by atoms with van der Waals surface area (Å²) < 4.78 is 5.96. The molecule has 0 radical (unpaired) electrons. The number of likely N-dealkylation sites (N-methyl/N-ethyl adjacent to an activating group) is 1. The topological polar surface area (TPSA) is 48.9 Å². The highest BCUT2D eigenvalue weighted by atomic mass is 127. The lowest BCUT2D eigenvalue weighted by Crippen LogP contribution is -2.41. The normalized spacial score (nSPS) is 14.4. The number of nitrogens with one attached hydrogen (secondary N) is 2. The van der Waals surface area contributed by atoms with Crippen molar-refractivity contribution < 1.29 is 4.74 Å². The smallest absolute Gasteiger partial charge is 0.191 e. The molecule has 0 aliphatic heterocycles. The SMILES string of the molecule is CN=C(NCCN(C)C(C)C)NCc1ccccc1OCC1CC1.I. The predicted molar refractivity (Wildman–Crippen MR) is 116 cm³/mol. The number of ether oxygens (including phenoxy) is 1. The molecule has 0 heterocycles. The minimum atomic E-state index is 0. The van der Waals surface area contributed by atoms with Crippen molar-refractivity contribution in [2.24, 2.45) is 10.9 Å². The number of aliphatic imine (C=N–C) groups is 1. The van der Waals surface area contributed by atoms with Crippen molar-refractivity contribution in [3.05, 3.63) is 29.8 Å². The molecule has 142 valence electrons. The Bertz CT molecular complexity index is 532. The molecule has 1 aromatic carbocycles. The summed E-state index contributed by atoms with van der Waals surface area (Å²) in [6.45, 7) is 7.80. The maximum atomic E-state index is 5.96. The molecule has 6 heteroatoms. The monoisotopic (exact) mass is 460 g/mol. The third-order valence-corrected chi connectivity index (χ3v) is 4.45. The first kappa shape index (κ1) is 22.0. The van der Waals surface area contributed by atoms with E-state index in [4.69, 9.17) is 4.74 Å². The van der Waals surface area contributed by atoms with Gasteiger partial charge < -0.3 is 20.3 Å². The van der Waals surface area contributed by atoms with Crippen LogP contribution in [-0.2, 0) is 6.54 Å². The lowest BCUT2D eigenvalue weighted by atomic mass is 10.2. The van der Waals surface area contributed by atoms with Crippen LogP contribution in [0.4, 0.5) is 0 Å². The van der Waals surface area contributed by atoms with Gasteiger partial charge in [-0.15, -0.1) is 24.0 Å². The van der Waals surface area contributed by atoms with E-state index in [0.29, 0.717) is 12.6 Å². The molecule has 0 spiro atoms. The van der Waals surface area contributed by atoms with Gasteiger partial charge in [0.15, 0.2) is 5.96 Å². The van der Waals surface area contributed by atoms with Crippen LogP contribution >= 0.6 is 24.0 Å². The lowest BCUT2D eigenvalue weighted by Gasteiger charge is -2.21. The van der Waals surface area contributed by atoms with E-state index >= 15 is 0 Å². The van der Waals surface area contributed by atoms with Crippen molar-refractivity contribution in [2.75, 3.05) is 33.8 Å². The number of hydrogen-bond acceptors (Lipinski definition) is 3. The van der Waals surface area contributed by atoms with Crippen molar-refractivity contribution >= 4 is 29.9 Å². The summed E-state index contributed by atoms with van der Waals surface area (Å²) >= 11 is 0. The molecule has 1 aliphatic rings. The molecule has 0 aromatic heterocycles. The summed E-state index contributed by atoms with van der Waals surface area (Å²) in [6, 6.07) is 8.79. The standard InChI is InChI=1S/C19H32N4O.HI/c1-15(2)23(4)12-11-21-19(20-3)22-13-17-7-5-6-8-18(17)24-14-16-9-10-16;/h5-8,15-16H,9-14H2,1-4H3,(H2,20,21,22);1H. The van der Waals surface area contributed by atoms with Gasteiger partial charge in [0, 0.05) is 38.3 Å². The fourth-order valence-electron chi connectivity index (χ4n) is 2.29. The summed E-state index contributed by atoms with van der Waals surface area (Å²) in [4.78, 5) is 6.60. The van der Waals surface area contributed by atoms with Crippen LogP contribution in [-0.4, -0.2) is 50.7 Å². The van der Waals surface area contributed by atoms with Crippen LogP contribution in [0.2, 0.25) is 0 Å². The highest BCUT2D eigenvalue weighted by Gasteiger charge is 2.22. The van der Waals surface area contributed by atoms with Gasteiger partial charge in [-0.1, -0.05) is 18.2 Å². The number of nitrogens with zero attached hydrogens (tertiary/aromatic N) is 2. The minimum Gasteiger partial charge on any atom is -0.493 e. The first-order chi connectivity index (χ1) is 11.6. The molecule has 1 fully saturated rings. The van der Waals surface area contributed by atoms with Gasteiger partial charge in [0.2, 0.25) is 0 Å². The maximum absolute atomic E-state index is 5.96. The molecule has 2 N–H and O–H groups in total. The van der Waals surface area contributed by atoms with E-state index < -0.39 is 0 Å². The number of rotatable bonds is 9. The first-order valence-electron chi connectivity index (χ1n) is 8.95. The zero-order valence-electron chi connectivity index (χ0n) is 15.9. The number of para-hydroxylation sites is 1. The zero-order chi connectivity index (χ0) is 17.4. The second kappa shape index (κ2) is 11.6. The van der Waals surface area contributed by atoms with E-state index in [1.165, 1.54) is 18.4 Å². The van der Waals surface area contributed by atoms with Gasteiger partial charge in [-0.25, -0.2) is 0 Å². The fraction of sp³-hybridized carbons (Fsp3) is 0.632. The van der Waals surface area contributed by atoms with Gasteiger partial charge in [0.25, 0.3) is 0 Å². The highest BCUT2D eigenvalue weighted by molar-refractivity contribution is 14.0. The van der Waals surface area contributed by atoms with Gasteiger partial charge in [0.05, 0.1) is 6.61 Å². The Balaban J connectivity index is 0.00000312. The summed E-state index contributed by atoms with van der Waals surface area (Å²) in [5.41, 5.74) is 1.17. The fourth-order valence-corrected chi connectivity index (χ4v) is 2.29. The average molecular weight is 460 g/mol. The van der Waals surface area contributed by atoms with Crippen LogP contribution in [0.5, 0.6) is 5.75 Å². The molecule has 2 rings (SSSR count). The largest absolute Gasteiger partial charge is 0.493 e. The summed E-state index contributed by atoms with van der Waals surface area (Å²) in [7, 11) is 3.94. The lowest BCUT2D eigenvalue weighted by molar-refractivity contribution is 0.278. The van der Waals surface area contributed by atoms with Crippen molar-refractivity contribution in [3.8, 4) is 5.75 Å². The summed E-state index contributed by atoms with van der Waals surface area (Å²) in [5, 5.41) is 6.73.